The molecule has 1 atom stereocenters. The Hall–Kier alpha value is -0.960. The van der Waals surface area contributed by atoms with Crippen LogP contribution < -0.4 is 4.72 Å². The second kappa shape index (κ2) is 7.54. The standard InChI is InChI=1S/C14H24N2O4S2/c1-5-12(2)15-21(17,18)11-10-13-6-8-14(9-7-13)22(19,20)16(3)4/h6-9,12,15H,5,10-11H2,1-4H3. The molecular formula is C14H24N2O4S2. The van der Waals surface area contributed by atoms with E-state index in [-0.39, 0.29) is 16.7 Å². The van der Waals surface area contributed by atoms with Gasteiger partial charge in [-0.25, -0.2) is 25.9 Å². The third-order valence-electron chi connectivity index (χ3n) is 3.35. The largest absolute Gasteiger partial charge is 0.242 e. The van der Waals surface area contributed by atoms with Crippen LogP contribution in [0.15, 0.2) is 29.2 Å². The molecule has 1 N–H and O–H groups in total. The Balaban J connectivity index is 2.74. The highest BCUT2D eigenvalue weighted by atomic mass is 32.2. The van der Waals surface area contributed by atoms with Gasteiger partial charge in [-0.15, -0.1) is 0 Å². The molecular weight excluding hydrogens is 324 g/mol. The normalized spacial score (nSPS) is 14.2. The summed E-state index contributed by atoms with van der Waals surface area (Å²) in [6.07, 6.45) is 1.07. The first-order chi connectivity index (χ1) is 10.1. The van der Waals surface area contributed by atoms with Crippen LogP contribution in [0.2, 0.25) is 0 Å². The Morgan fingerprint density at radius 1 is 1.09 bits per heavy atom. The van der Waals surface area contributed by atoms with Crippen molar-refractivity contribution >= 4 is 20.0 Å². The molecule has 0 aliphatic carbocycles. The van der Waals surface area contributed by atoms with E-state index in [1.54, 1.807) is 12.1 Å². The molecule has 1 aromatic carbocycles. The third kappa shape index (κ3) is 5.35. The van der Waals surface area contributed by atoms with E-state index in [1.165, 1.54) is 26.2 Å². The fourth-order valence-corrected chi connectivity index (χ4v) is 4.04. The highest BCUT2D eigenvalue weighted by Gasteiger charge is 2.17. The number of sulfonamides is 2. The summed E-state index contributed by atoms with van der Waals surface area (Å²) in [4.78, 5) is 0.196. The Morgan fingerprint density at radius 3 is 2.09 bits per heavy atom. The van der Waals surface area contributed by atoms with Gasteiger partial charge in [0.05, 0.1) is 10.6 Å². The summed E-state index contributed by atoms with van der Waals surface area (Å²) >= 11 is 0. The lowest BCUT2D eigenvalue weighted by Crippen LogP contribution is -2.34. The van der Waals surface area contributed by atoms with Gasteiger partial charge in [0, 0.05) is 20.1 Å². The molecule has 6 nitrogen and oxygen atoms in total. The summed E-state index contributed by atoms with van der Waals surface area (Å²) < 4.78 is 51.4. The van der Waals surface area contributed by atoms with Crippen LogP contribution in [0.1, 0.15) is 25.8 Å². The van der Waals surface area contributed by atoms with Crippen molar-refractivity contribution in [2.45, 2.75) is 37.6 Å². The van der Waals surface area contributed by atoms with E-state index >= 15 is 0 Å². The number of hydrogen-bond acceptors (Lipinski definition) is 4. The predicted molar refractivity (Wildman–Crippen MR) is 87.7 cm³/mol. The second-order valence-electron chi connectivity index (χ2n) is 5.43. The highest BCUT2D eigenvalue weighted by Crippen LogP contribution is 2.14. The maximum absolute atomic E-state index is 11.9. The molecule has 1 rings (SSSR count). The molecule has 0 saturated carbocycles. The van der Waals surface area contributed by atoms with E-state index in [1.807, 2.05) is 13.8 Å². The predicted octanol–water partition coefficient (Wildman–Crippen LogP) is 1.20. The van der Waals surface area contributed by atoms with Crippen molar-refractivity contribution in [3.05, 3.63) is 29.8 Å². The molecule has 1 unspecified atom stereocenters. The van der Waals surface area contributed by atoms with Crippen molar-refractivity contribution in [3.8, 4) is 0 Å². The summed E-state index contributed by atoms with van der Waals surface area (Å²) in [5, 5.41) is 0. The topological polar surface area (TPSA) is 83.5 Å². The Morgan fingerprint density at radius 2 is 1.64 bits per heavy atom. The summed E-state index contributed by atoms with van der Waals surface area (Å²) in [6.45, 7) is 3.73. The highest BCUT2D eigenvalue weighted by molar-refractivity contribution is 7.89. The molecule has 126 valence electrons. The minimum atomic E-state index is -3.45. The molecule has 0 saturated heterocycles. The summed E-state index contributed by atoms with van der Waals surface area (Å²) in [6, 6.07) is 6.21. The van der Waals surface area contributed by atoms with Gasteiger partial charge in [-0.05, 0) is 37.5 Å². The van der Waals surface area contributed by atoms with Gasteiger partial charge < -0.3 is 0 Å². The quantitative estimate of drug-likeness (QED) is 0.765. The summed E-state index contributed by atoms with van der Waals surface area (Å²) in [7, 11) is -3.84. The average molecular weight is 348 g/mol. The lowest BCUT2D eigenvalue weighted by Gasteiger charge is -2.13. The number of nitrogens with zero attached hydrogens (tertiary/aromatic N) is 1. The molecule has 0 amide bonds. The number of hydrogen-bond donors (Lipinski definition) is 1. The molecule has 0 fully saturated rings. The molecule has 0 heterocycles. The zero-order valence-corrected chi connectivity index (χ0v) is 15.0. The van der Waals surface area contributed by atoms with Crippen LogP contribution in [0.5, 0.6) is 0 Å². The lowest BCUT2D eigenvalue weighted by molar-refractivity contribution is 0.520. The van der Waals surface area contributed by atoms with Gasteiger partial charge in [-0.1, -0.05) is 19.1 Å². The van der Waals surface area contributed by atoms with Crippen molar-refractivity contribution in [3.63, 3.8) is 0 Å². The molecule has 22 heavy (non-hydrogen) atoms. The smallest absolute Gasteiger partial charge is 0.212 e. The Kier molecular flexibility index (Phi) is 6.54. The molecule has 0 radical (unpaired) electrons. The summed E-state index contributed by atoms with van der Waals surface area (Å²) in [5.41, 5.74) is 0.784. The van der Waals surface area contributed by atoms with E-state index in [0.29, 0.717) is 6.42 Å². The number of nitrogens with one attached hydrogen (secondary N) is 1. The molecule has 0 spiro atoms. The van der Waals surface area contributed by atoms with Crippen molar-refractivity contribution in [1.82, 2.24) is 9.03 Å². The zero-order valence-electron chi connectivity index (χ0n) is 13.4. The van der Waals surface area contributed by atoms with Gasteiger partial charge in [0.2, 0.25) is 20.0 Å². The fraction of sp³-hybridized carbons (Fsp3) is 0.571. The first-order valence-corrected chi connectivity index (χ1v) is 10.2. The monoisotopic (exact) mass is 348 g/mol. The van der Waals surface area contributed by atoms with Gasteiger partial charge in [-0.3, -0.25) is 0 Å². The van der Waals surface area contributed by atoms with Gasteiger partial charge in [0.25, 0.3) is 0 Å². The Bertz CT molecular complexity index is 680. The first kappa shape index (κ1) is 19.1. The first-order valence-electron chi connectivity index (χ1n) is 7.10. The number of rotatable bonds is 8. The van der Waals surface area contributed by atoms with E-state index in [2.05, 4.69) is 4.72 Å². The van der Waals surface area contributed by atoms with Crippen LogP contribution in [-0.2, 0) is 26.5 Å². The SMILES string of the molecule is CCC(C)NS(=O)(=O)CCc1ccc(S(=O)(=O)N(C)C)cc1. The third-order valence-corrected chi connectivity index (χ3v) is 6.69. The van der Waals surface area contributed by atoms with Crippen molar-refractivity contribution < 1.29 is 16.8 Å². The molecule has 0 bridgehead atoms. The minimum absolute atomic E-state index is 0.0167. The Labute approximate surface area is 133 Å². The van der Waals surface area contributed by atoms with E-state index in [9.17, 15) is 16.8 Å². The molecule has 1 aromatic rings. The van der Waals surface area contributed by atoms with Gasteiger partial charge in [0.15, 0.2) is 0 Å². The van der Waals surface area contributed by atoms with Crippen LogP contribution >= 0.6 is 0 Å². The van der Waals surface area contributed by atoms with E-state index in [4.69, 9.17) is 0 Å². The van der Waals surface area contributed by atoms with Crippen LogP contribution in [0.25, 0.3) is 0 Å². The number of aryl methyl sites for hydroxylation is 1. The molecule has 0 aliphatic heterocycles. The summed E-state index contributed by atoms with van der Waals surface area (Å²) in [5.74, 6) is -0.0167. The minimum Gasteiger partial charge on any atom is -0.212 e. The van der Waals surface area contributed by atoms with Crippen LogP contribution in [0.3, 0.4) is 0 Å². The van der Waals surface area contributed by atoms with Gasteiger partial charge in [0.1, 0.15) is 0 Å². The molecule has 8 heteroatoms. The van der Waals surface area contributed by atoms with Crippen LogP contribution in [0, 0.1) is 0 Å². The maximum atomic E-state index is 11.9. The van der Waals surface area contributed by atoms with Crippen molar-refractivity contribution in [2.75, 3.05) is 19.8 Å². The number of benzene rings is 1. The molecule has 0 aliphatic rings. The van der Waals surface area contributed by atoms with Crippen LogP contribution in [-0.4, -0.2) is 47.0 Å². The van der Waals surface area contributed by atoms with Crippen LogP contribution in [0.4, 0.5) is 0 Å². The average Bonchev–Trinajstić information content (AvgIpc) is 2.45. The fourth-order valence-electron chi connectivity index (χ4n) is 1.74. The lowest BCUT2D eigenvalue weighted by atomic mass is 10.2. The zero-order chi connectivity index (χ0) is 17.0. The van der Waals surface area contributed by atoms with Gasteiger partial charge in [-0.2, -0.15) is 0 Å². The van der Waals surface area contributed by atoms with Gasteiger partial charge >= 0.3 is 0 Å². The second-order valence-corrected chi connectivity index (χ2v) is 9.45. The molecule has 0 aromatic heterocycles. The van der Waals surface area contributed by atoms with E-state index < -0.39 is 20.0 Å². The van der Waals surface area contributed by atoms with E-state index in [0.717, 1.165) is 16.3 Å². The van der Waals surface area contributed by atoms with Crippen molar-refractivity contribution in [2.24, 2.45) is 0 Å². The van der Waals surface area contributed by atoms with Crippen molar-refractivity contribution in [1.29, 1.82) is 0 Å². The maximum Gasteiger partial charge on any atom is 0.242 e.